The Morgan fingerprint density at radius 2 is 1.63 bits per heavy atom. The van der Waals surface area contributed by atoms with Gasteiger partial charge in [-0.3, -0.25) is 23.7 Å². The molecule has 43 heavy (non-hydrogen) atoms. The van der Waals surface area contributed by atoms with E-state index in [-0.39, 0.29) is 18.7 Å². The van der Waals surface area contributed by atoms with Gasteiger partial charge in [0, 0.05) is 16.5 Å². The van der Waals surface area contributed by atoms with E-state index < -0.39 is 51.5 Å². The first-order valence-electron chi connectivity index (χ1n) is 13.4. The number of anilines is 2. The van der Waals surface area contributed by atoms with Crippen LogP contribution in [0.15, 0.2) is 88.7 Å². The second-order valence-corrected chi connectivity index (χ2v) is 12.0. The van der Waals surface area contributed by atoms with Gasteiger partial charge in [-0.2, -0.15) is 0 Å². The van der Waals surface area contributed by atoms with Crippen LogP contribution in [0.4, 0.5) is 15.8 Å². The molecule has 0 spiro atoms. The van der Waals surface area contributed by atoms with Crippen molar-refractivity contribution in [2.75, 3.05) is 16.8 Å². The Labute approximate surface area is 253 Å². The zero-order chi connectivity index (χ0) is 30.2. The van der Waals surface area contributed by atoms with Crippen molar-refractivity contribution in [2.45, 2.75) is 29.7 Å². The minimum Gasteiger partial charge on any atom is -0.462 e. The van der Waals surface area contributed by atoms with Gasteiger partial charge in [-0.1, -0.05) is 53.4 Å². The van der Waals surface area contributed by atoms with E-state index in [1.165, 1.54) is 41.0 Å². The standard InChI is InChI=1S/C31H24FN3O6S2/c1-2-41-30(39)18-10-14-21(15-11-18)35-27(37)24-23(17-8-12-19(32)13-9-17)26-29(42-25(24)28(35)38)34(31(40)43-26)16-22(36)33-20-6-4-3-5-7-20/h3-15,23-25H,2,16H2,1H3,(H,33,36)/t23-,24?,25?/m1/s1. The highest BCUT2D eigenvalue weighted by molar-refractivity contribution is 8.00. The number of rotatable bonds is 7. The number of hydrogen-bond acceptors (Lipinski definition) is 8. The number of carbonyl (C=O) groups excluding carboxylic acids is 4. The third-order valence-electron chi connectivity index (χ3n) is 7.27. The molecule has 1 saturated heterocycles. The van der Waals surface area contributed by atoms with Crippen molar-refractivity contribution in [1.82, 2.24) is 4.57 Å². The second-order valence-electron chi connectivity index (χ2n) is 9.91. The molecule has 1 aromatic heterocycles. The predicted molar refractivity (Wildman–Crippen MR) is 160 cm³/mol. The number of aromatic nitrogens is 1. The van der Waals surface area contributed by atoms with Gasteiger partial charge in [0.1, 0.15) is 17.6 Å². The zero-order valence-corrected chi connectivity index (χ0v) is 24.3. The lowest BCUT2D eigenvalue weighted by Gasteiger charge is -2.30. The van der Waals surface area contributed by atoms with Gasteiger partial charge in [0.05, 0.1) is 28.8 Å². The Kier molecular flexibility index (Phi) is 7.72. The normalized spacial score (nSPS) is 19.1. The second kappa shape index (κ2) is 11.6. The van der Waals surface area contributed by atoms with E-state index >= 15 is 0 Å². The van der Waals surface area contributed by atoms with Gasteiger partial charge < -0.3 is 10.1 Å². The number of carbonyl (C=O) groups is 4. The maximum Gasteiger partial charge on any atom is 0.338 e. The summed E-state index contributed by atoms with van der Waals surface area (Å²) in [7, 11) is 0. The molecule has 3 atom stereocenters. The van der Waals surface area contributed by atoms with Gasteiger partial charge in [-0.15, -0.1) is 0 Å². The van der Waals surface area contributed by atoms with Crippen molar-refractivity contribution in [2.24, 2.45) is 5.92 Å². The predicted octanol–water partition coefficient (Wildman–Crippen LogP) is 4.66. The summed E-state index contributed by atoms with van der Waals surface area (Å²) in [6.45, 7) is 1.61. The van der Waals surface area contributed by atoms with Crippen LogP contribution in [-0.4, -0.2) is 40.1 Å². The molecule has 12 heteroatoms. The quantitative estimate of drug-likeness (QED) is 0.237. The molecule has 0 aliphatic carbocycles. The Morgan fingerprint density at radius 1 is 0.930 bits per heavy atom. The Hall–Kier alpha value is -4.55. The molecule has 2 aliphatic heterocycles. The Balaban J connectivity index is 1.38. The third kappa shape index (κ3) is 5.28. The molecule has 1 N–H and O–H groups in total. The maximum atomic E-state index is 14.0. The number of para-hydroxylation sites is 1. The van der Waals surface area contributed by atoms with Crippen LogP contribution in [0.5, 0.6) is 0 Å². The molecule has 6 rings (SSSR count). The molecule has 4 aromatic rings. The number of imide groups is 1. The number of nitrogens with one attached hydrogen (secondary N) is 1. The van der Waals surface area contributed by atoms with E-state index in [1.54, 1.807) is 43.3 Å². The number of hydrogen-bond donors (Lipinski definition) is 1. The van der Waals surface area contributed by atoms with Gasteiger partial charge >= 0.3 is 10.8 Å². The Bertz CT molecular complexity index is 1790. The van der Waals surface area contributed by atoms with Crippen LogP contribution in [0.3, 0.4) is 0 Å². The average Bonchev–Trinajstić information content (AvgIpc) is 3.44. The maximum absolute atomic E-state index is 14.0. The minimum atomic E-state index is -0.905. The lowest BCUT2D eigenvalue weighted by Crippen LogP contribution is -2.33. The summed E-state index contributed by atoms with van der Waals surface area (Å²) < 4.78 is 20.3. The molecule has 0 bridgehead atoms. The number of fused-ring (bicyclic) bond motifs is 2. The summed E-state index contributed by atoms with van der Waals surface area (Å²) in [5, 5.41) is 2.29. The highest BCUT2D eigenvalue weighted by atomic mass is 32.2. The molecule has 1 fully saturated rings. The highest BCUT2D eigenvalue weighted by Gasteiger charge is 2.56. The number of thioether (sulfide) groups is 1. The molecule has 0 saturated carbocycles. The van der Waals surface area contributed by atoms with Crippen LogP contribution in [0, 0.1) is 11.7 Å². The fourth-order valence-electron chi connectivity index (χ4n) is 5.37. The summed E-state index contributed by atoms with van der Waals surface area (Å²) in [5.74, 6) is -3.98. The molecular weight excluding hydrogens is 593 g/mol. The number of ether oxygens (including phenoxy) is 1. The van der Waals surface area contributed by atoms with Crippen molar-refractivity contribution >= 4 is 58.2 Å². The SMILES string of the molecule is CCOC(=O)c1ccc(N2C(=O)C3Sc4c(sc(=O)n4CC(=O)Nc4ccccc4)[C@H](c4ccc(F)cc4)C3C2=O)cc1. The zero-order valence-electron chi connectivity index (χ0n) is 22.7. The van der Waals surface area contributed by atoms with Crippen LogP contribution in [0.1, 0.15) is 33.6 Å². The van der Waals surface area contributed by atoms with Crippen LogP contribution < -0.4 is 15.1 Å². The molecular formula is C31H24FN3O6S2. The number of amides is 3. The average molecular weight is 618 g/mol. The fourth-order valence-corrected chi connectivity index (χ4v) is 8.14. The molecule has 3 aromatic carbocycles. The number of thiazole rings is 1. The smallest absolute Gasteiger partial charge is 0.338 e. The lowest BCUT2D eigenvalue weighted by molar-refractivity contribution is -0.122. The number of halogens is 1. The monoisotopic (exact) mass is 617 g/mol. The van der Waals surface area contributed by atoms with Crippen molar-refractivity contribution in [1.29, 1.82) is 0 Å². The summed E-state index contributed by atoms with van der Waals surface area (Å²) in [4.78, 5) is 67.4. The van der Waals surface area contributed by atoms with E-state index in [0.29, 0.717) is 26.8 Å². The van der Waals surface area contributed by atoms with Crippen LogP contribution in [0.2, 0.25) is 0 Å². The van der Waals surface area contributed by atoms with E-state index in [9.17, 15) is 28.4 Å². The number of benzene rings is 3. The van der Waals surface area contributed by atoms with Crippen molar-refractivity contribution in [3.8, 4) is 0 Å². The van der Waals surface area contributed by atoms with E-state index in [4.69, 9.17) is 4.74 Å². The van der Waals surface area contributed by atoms with Gasteiger partial charge in [0.2, 0.25) is 17.7 Å². The van der Waals surface area contributed by atoms with Gasteiger partial charge in [-0.05, 0) is 61.0 Å². The fraction of sp³-hybridized carbons (Fsp3) is 0.194. The van der Waals surface area contributed by atoms with Crippen molar-refractivity contribution in [3.05, 3.63) is 110 Å². The first-order chi connectivity index (χ1) is 20.8. The summed E-state index contributed by atoms with van der Waals surface area (Å²) in [6, 6.07) is 20.4. The number of esters is 1. The lowest BCUT2D eigenvalue weighted by atomic mass is 9.83. The molecule has 0 radical (unpaired) electrons. The summed E-state index contributed by atoms with van der Waals surface area (Å²) in [6.07, 6.45) is 0. The van der Waals surface area contributed by atoms with Crippen LogP contribution >= 0.6 is 23.1 Å². The highest BCUT2D eigenvalue weighted by Crippen LogP contribution is 2.53. The van der Waals surface area contributed by atoms with E-state index in [2.05, 4.69) is 5.32 Å². The molecule has 3 heterocycles. The van der Waals surface area contributed by atoms with Crippen molar-refractivity contribution in [3.63, 3.8) is 0 Å². The Morgan fingerprint density at radius 3 is 2.30 bits per heavy atom. The van der Waals surface area contributed by atoms with Gasteiger partial charge in [-0.25, -0.2) is 14.1 Å². The van der Waals surface area contributed by atoms with E-state index in [0.717, 1.165) is 28.0 Å². The van der Waals surface area contributed by atoms with Crippen LogP contribution in [0.25, 0.3) is 0 Å². The molecule has 9 nitrogen and oxygen atoms in total. The molecule has 218 valence electrons. The number of nitrogens with zero attached hydrogens (tertiary/aromatic N) is 2. The topological polar surface area (TPSA) is 115 Å². The van der Waals surface area contributed by atoms with Crippen molar-refractivity contribution < 1.29 is 28.3 Å². The molecule has 2 aliphatic rings. The molecule has 2 unspecified atom stereocenters. The van der Waals surface area contributed by atoms with Gasteiger partial charge in [0.15, 0.2) is 0 Å². The first-order valence-corrected chi connectivity index (χ1v) is 15.1. The first kappa shape index (κ1) is 28.6. The summed E-state index contributed by atoms with van der Waals surface area (Å²) >= 11 is 1.99. The summed E-state index contributed by atoms with van der Waals surface area (Å²) in [5.41, 5.74) is 1.71. The van der Waals surface area contributed by atoms with E-state index in [1.807, 2.05) is 6.07 Å². The minimum absolute atomic E-state index is 0.207. The molecule has 3 amide bonds. The van der Waals surface area contributed by atoms with Gasteiger partial charge in [0.25, 0.3) is 0 Å². The third-order valence-corrected chi connectivity index (χ3v) is 9.88. The largest absolute Gasteiger partial charge is 0.462 e. The van der Waals surface area contributed by atoms with Crippen LogP contribution in [-0.2, 0) is 25.7 Å².